The van der Waals surface area contributed by atoms with Crippen molar-refractivity contribution in [1.29, 1.82) is 0 Å². The predicted octanol–water partition coefficient (Wildman–Crippen LogP) is 2.60. The summed E-state index contributed by atoms with van der Waals surface area (Å²) in [6, 6.07) is 1.11. The molecule has 0 spiro atoms. The van der Waals surface area contributed by atoms with Gasteiger partial charge >= 0.3 is 0 Å². The summed E-state index contributed by atoms with van der Waals surface area (Å²) in [5.41, 5.74) is 0. The van der Waals surface area contributed by atoms with Gasteiger partial charge in [-0.05, 0) is 52.1 Å². The molecule has 1 amide bonds. The molecule has 0 aromatic heterocycles. The second-order valence-electron chi connectivity index (χ2n) is 9.02. The van der Waals surface area contributed by atoms with Crippen molar-refractivity contribution in [3.63, 3.8) is 0 Å². The number of nitrogens with zero attached hydrogens (tertiary/aromatic N) is 3. The molecule has 1 unspecified atom stereocenters. The zero-order valence-electron chi connectivity index (χ0n) is 18.1. The molecule has 2 saturated carbocycles. The lowest BCUT2D eigenvalue weighted by molar-refractivity contribution is -0.134. The Morgan fingerprint density at radius 2 is 1.79 bits per heavy atom. The van der Waals surface area contributed by atoms with Gasteiger partial charge in [0.05, 0.1) is 0 Å². The zero-order chi connectivity index (χ0) is 19.8. The summed E-state index contributed by atoms with van der Waals surface area (Å²) >= 11 is 0. The van der Waals surface area contributed by atoms with Crippen molar-refractivity contribution in [3.05, 3.63) is 0 Å². The summed E-state index contributed by atoms with van der Waals surface area (Å²) in [6.07, 6.45) is 13.7. The molecule has 0 radical (unpaired) electrons. The molecule has 1 atom stereocenters. The van der Waals surface area contributed by atoms with Crippen molar-refractivity contribution in [3.8, 4) is 0 Å². The molecule has 3 aliphatic rings. The van der Waals surface area contributed by atoms with Crippen molar-refractivity contribution >= 4 is 11.9 Å². The van der Waals surface area contributed by atoms with E-state index in [4.69, 9.17) is 0 Å². The molecule has 0 aromatic carbocycles. The van der Waals surface area contributed by atoms with Crippen molar-refractivity contribution in [2.24, 2.45) is 10.9 Å². The molecular formula is C22H41N5O. The van der Waals surface area contributed by atoms with Crippen LogP contribution in [-0.2, 0) is 4.79 Å². The largest absolute Gasteiger partial charge is 0.356 e. The lowest BCUT2D eigenvalue weighted by atomic mass is 9.94. The van der Waals surface area contributed by atoms with Crippen LogP contribution in [0, 0.1) is 5.92 Å². The average molecular weight is 392 g/mol. The van der Waals surface area contributed by atoms with E-state index in [2.05, 4.69) is 32.5 Å². The van der Waals surface area contributed by atoms with E-state index in [0.29, 0.717) is 11.9 Å². The molecule has 3 rings (SSSR count). The average Bonchev–Trinajstić information content (AvgIpc) is 3.42. The van der Waals surface area contributed by atoms with Crippen molar-refractivity contribution in [1.82, 2.24) is 20.4 Å². The number of guanidine groups is 1. The van der Waals surface area contributed by atoms with Crippen molar-refractivity contribution in [2.75, 3.05) is 40.3 Å². The number of aliphatic imine (C=N–C) groups is 1. The smallest absolute Gasteiger partial charge is 0.225 e. The van der Waals surface area contributed by atoms with E-state index >= 15 is 0 Å². The number of carbonyl (C=O) groups is 1. The van der Waals surface area contributed by atoms with Crippen LogP contribution >= 0.6 is 0 Å². The highest BCUT2D eigenvalue weighted by Crippen LogP contribution is 2.27. The fourth-order valence-corrected chi connectivity index (χ4v) is 5.14. The van der Waals surface area contributed by atoms with E-state index in [-0.39, 0.29) is 5.92 Å². The molecule has 6 nitrogen and oxygen atoms in total. The number of amides is 1. The predicted molar refractivity (Wildman–Crippen MR) is 116 cm³/mol. The van der Waals surface area contributed by atoms with Crippen molar-refractivity contribution < 1.29 is 4.79 Å². The number of likely N-dealkylation sites (tertiary alicyclic amines) is 1. The first-order chi connectivity index (χ1) is 13.7. The third-order valence-electron chi connectivity index (χ3n) is 6.95. The fraction of sp³-hybridized carbons (Fsp3) is 0.909. The Morgan fingerprint density at radius 3 is 2.50 bits per heavy atom. The van der Waals surface area contributed by atoms with Crippen LogP contribution in [-0.4, -0.2) is 74.0 Å². The van der Waals surface area contributed by atoms with Crippen LogP contribution in [0.25, 0.3) is 0 Å². The Hall–Kier alpha value is -1.30. The van der Waals surface area contributed by atoms with E-state index in [1.54, 1.807) is 0 Å². The van der Waals surface area contributed by atoms with Gasteiger partial charge in [0.1, 0.15) is 0 Å². The standard InChI is InChI=1S/C22H41N5O/c1-23-22(24-14-8-15-26(2)20-11-4-3-5-12-20)25-19-13-16-27(17-19)21(28)18-9-6-7-10-18/h18-20H,3-17H2,1-2H3,(H2,23,24,25). The number of hydrogen-bond donors (Lipinski definition) is 2. The minimum atomic E-state index is 0.289. The summed E-state index contributed by atoms with van der Waals surface area (Å²) in [4.78, 5) is 21.6. The number of carbonyl (C=O) groups excluding carboxylic acids is 1. The van der Waals surface area contributed by atoms with Crippen molar-refractivity contribution in [2.45, 2.75) is 82.7 Å². The van der Waals surface area contributed by atoms with Gasteiger partial charge in [0.2, 0.25) is 5.91 Å². The topological polar surface area (TPSA) is 60.0 Å². The van der Waals surface area contributed by atoms with Crippen LogP contribution < -0.4 is 10.6 Å². The minimum absolute atomic E-state index is 0.289. The van der Waals surface area contributed by atoms with Gasteiger partial charge in [0.25, 0.3) is 0 Å². The fourth-order valence-electron chi connectivity index (χ4n) is 5.14. The maximum atomic E-state index is 12.6. The Bertz CT molecular complexity index is 511. The van der Waals surface area contributed by atoms with E-state index < -0.39 is 0 Å². The second kappa shape index (κ2) is 11.0. The normalized spacial score (nSPS) is 24.9. The highest BCUT2D eigenvalue weighted by atomic mass is 16.2. The lowest BCUT2D eigenvalue weighted by Gasteiger charge is -2.31. The summed E-state index contributed by atoms with van der Waals surface area (Å²) in [6.45, 7) is 3.78. The van der Waals surface area contributed by atoms with Crippen LogP contribution in [0.5, 0.6) is 0 Å². The molecular weight excluding hydrogens is 350 g/mol. The minimum Gasteiger partial charge on any atom is -0.356 e. The van der Waals surface area contributed by atoms with Gasteiger partial charge in [-0.3, -0.25) is 9.79 Å². The van der Waals surface area contributed by atoms with Crippen LogP contribution in [0.15, 0.2) is 4.99 Å². The first-order valence-electron chi connectivity index (χ1n) is 11.6. The highest BCUT2D eigenvalue weighted by molar-refractivity contribution is 5.81. The van der Waals surface area contributed by atoms with Crippen LogP contribution in [0.3, 0.4) is 0 Å². The summed E-state index contributed by atoms with van der Waals surface area (Å²) in [7, 11) is 4.11. The van der Waals surface area contributed by atoms with Crippen LogP contribution in [0.1, 0.15) is 70.6 Å². The Morgan fingerprint density at radius 1 is 1.07 bits per heavy atom. The monoisotopic (exact) mass is 391 g/mol. The Balaban J connectivity index is 1.31. The third-order valence-corrected chi connectivity index (χ3v) is 6.95. The van der Waals surface area contributed by atoms with Crippen LogP contribution in [0.4, 0.5) is 0 Å². The molecule has 1 heterocycles. The molecule has 1 saturated heterocycles. The molecule has 2 aliphatic carbocycles. The van der Waals surface area contributed by atoms with E-state index in [1.807, 2.05) is 7.05 Å². The maximum absolute atomic E-state index is 12.6. The first-order valence-corrected chi connectivity index (χ1v) is 11.6. The SMILES string of the molecule is CN=C(NCCCN(C)C1CCCCC1)NC1CCN(C(=O)C2CCCC2)C1. The van der Waals surface area contributed by atoms with Gasteiger partial charge < -0.3 is 20.4 Å². The second-order valence-corrected chi connectivity index (χ2v) is 9.02. The third kappa shape index (κ3) is 6.10. The molecule has 3 fully saturated rings. The molecule has 0 bridgehead atoms. The van der Waals surface area contributed by atoms with Gasteiger partial charge in [0.15, 0.2) is 5.96 Å². The van der Waals surface area contributed by atoms with Gasteiger partial charge in [0, 0.05) is 44.7 Å². The molecule has 2 N–H and O–H groups in total. The molecule has 160 valence electrons. The van der Waals surface area contributed by atoms with Gasteiger partial charge in [-0.2, -0.15) is 0 Å². The summed E-state index contributed by atoms with van der Waals surface area (Å²) in [5.74, 6) is 1.55. The molecule has 6 heteroatoms. The molecule has 28 heavy (non-hydrogen) atoms. The quantitative estimate of drug-likeness (QED) is 0.398. The zero-order valence-corrected chi connectivity index (χ0v) is 18.1. The summed E-state index contributed by atoms with van der Waals surface area (Å²) < 4.78 is 0. The Kier molecular flexibility index (Phi) is 8.44. The van der Waals surface area contributed by atoms with E-state index in [0.717, 1.165) is 63.9 Å². The molecule has 0 aromatic rings. The van der Waals surface area contributed by atoms with E-state index in [9.17, 15) is 4.79 Å². The summed E-state index contributed by atoms with van der Waals surface area (Å²) in [5, 5.41) is 6.99. The Labute approximate surface area is 171 Å². The lowest BCUT2D eigenvalue weighted by Crippen LogP contribution is -2.46. The highest BCUT2D eigenvalue weighted by Gasteiger charge is 2.32. The molecule has 1 aliphatic heterocycles. The van der Waals surface area contributed by atoms with E-state index in [1.165, 1.54) is 44.9 Å². The van der Waals surface area contributed by atoms with Gasteiger partial charge in [-0.1, -0.05) is 32.1 Å². The van der Waals surface area contributed by atoms with Gasteiger partial charge in [-0.15, -0.1) is 0 Å². The maximum Gasteiger partial charge on any atom is 0.225 e. The van der Waals surface area contributed by atoms with Crippen LogP contribution in [0.2, 0.25) is 0 Å². The number of nitrogens with one attached hydrogen (secondary N) is 2. The number of rotatable bonds is 7. The number of hydrogen-bond acceptors (Lipinski definition) is 3. The first kappa shape index (κ1) is 21.4. The van der Waals surface area contributed by atoms with Gasteiger partial charge in [-0.25, -0.2) is 0 Å².